The topological polar surface area (TPSA) is 117 Å². The van der Waals surface area contributed by atoms with E-state index in [0.717, 1.165) is 5.56 Å². The molecule has 0 aliphatic heterocycles. The molecule has 130 valence electrons. The molecule has 3 heterocycles. The van der Waals surface area contributed by atoms with Crippen LogP contribution < -0.4 is 15.8 Å². The number of nitrogen functional groups attached to an aromatic ring is 1. The number of pyridine rings is 1. The first-order valence-corrected chi connectivity index (χ1v) is 7.58. The summed E-state index contributed by atoms with van der Waals surface area (Å²) in [4.78, 5) is 19.5. The molecule has 0 spiro atoms. The second-order valence-corrected chi connectivity index (χ2v) is 5.28. The largest absolute Gasteiger partial charge is 0.487 e. The number of aromatic nitrogens is 4. The van der Waals surface area contributed by atoms with Crippen LogP contribution in [-0.2, 0) is 9.53 Å². The fraction of sp³-hybridized carbons (Fsp3) is 0.250. The van der Waals surface area contributed by atoms with Gasteiger partial charge in [0.2, 0.25) is 5.91 Å². The van der Waals surface area contributed by atoms with Crippen LogP contribution in [0.2, 0.25) is 0 Å². The molecule has 0 bridgehead atoms. The van der Waals surface area contributed by atoms with Crippen LogP contribution in [-0.4, -0.2) is 45.8 Å². The average molecular weight is 342 g/mol. The van der Waals surface area contributed by atoms with Crippen LogP contribution in [0.3, 0.4) is 0 Å². The number of carbonyl (C=O) groups is 1. The minimum atomic E-state index is -0.191. The third-order valence-corrected chi connectivity index (χ3v) is 3.35. The van der Waals surface area contributed by atoms with E-state index in [2.05, 4.69) is 20.4 Å². The molecular formula is C16H18N6O3. The quantitative estimate of drug-likeness (QED) is 0.649. The Bertz CT molecular complexity index is 908. The predicted octanol–water partition coefficient (Wildman–Crippen LogP) is 1.36. The molecule has 25 heavy (non-hydrogen) atoms. The van der Waals surface area contributed by atoms with Crippen molar-refractivity contribution in [2.75, 3.05) is 31.4 Å². The first-order chi connectivity index (χ1) is 12.1. The molecule has 9 nitrogen and oxygen atoms in total. The zero-order valence-corrected chi connectivity index (χ0v) is 13.9. The van der Waals surface area contributed by atoms with Crippen molar-refractivity contribution >= 4 is 23.2 Å². The van der Waals surface area contributed by atoms with Crippen molar-refractivity contribution in [1.29, 1.82) is 0 Å². The summed E-state index contributed by atoms with van der Waals surface area (Å²) in [6.07, 6.45) is 3.26. The fourth-order valence-electron chi connectivity index (χ4n) is 2.22. The van der Waals surface area contributed by atoms with Crippen molar-refractivity contribution in [3.8, 4) is 17.0 Å². The molecule has 0 unspecified atom stereocenters. The number of hydrogen-bond donors (Lipinski definition) is 2. The van der Waals surface area contributed by atoms with Gasteiger partial charge in [0, 0.05) is 25.8 Å². The van der Waals surface area contributed by atoms with Crippen molar-refractivity contribution in [2.45, 2.75) is 6.92 Å². The summed E-state index contributed by atoms with van der Waals surface area (Å²) in [5.41, 5.74) is 7.87. The number of carbonyl (C=O) groups excluding carboxylic acids is 1. The van der Waals surface area contributed by atoms with Gasteiger partial charge in [-0.15, -0.1) is 0 Å². The highest BCUT2D eigenvalue weighted by molar-refractivity contribution is 5.87. The smallest absolute Gasteiger partial charge is 0.222 e. The fourth-order valence-corrected chi connectivity index (χ4v) is 2.22. The molecule has 9 heteroatoms. The van der Waals surface area contributed by atoms with Gasteiger partial charge in [0.05, 0.1) is 18.5 Å². The summed E-state index contributed by atoms with van der Waals surface area (Å²) in [7, 11) is 1.60. The molecule has 0 aliphatic carbocycles. The Kier molecular flexibility index (Phi) is 4.75. The van der Waals surface area contributed by atoms with Crippen molar-refractivity contribution < 1.29 is 14.3 Å². The number of rotatable bonds is 6. The first-order valence-electron chi connectivity index (χ1n) is 7.58. The molecule has 0 atom stereocenters. The molecule has 0 radical (unpaired) electrons. The third-order valence-electron chi connectivity index (χ3n) is 3.35. The number of nitrogens with zero attached hydrogens (tertiary/aromatic N) is 4. The highest BCUT2D eigenvalue weighted by atomic mass is 16.5. The number of imidazole rings is 1. The first kappa shape index (κ1) is 16.7. The summed E-state index contributed by atoms with van der Waals surface area (Å²) < 4.78 is 12.1. The van der Waals surface area contributed by atoms with E-state index in [1.807, 2.05) is 6.07 Å². The highest BCUT2D eigenvalue weighted by Crippen LogP contribution is 2.26. The Morgan fingerprint density at radius 1 is 1.36 bits per heavy atom. The molecule has 0 fully saturated rings. The van der Waals surface area contributed by atoms with Gasteiger partial charge in [-0.2, -0.15) is 5.10 Å². The number of methoxy groups -OCH3 is 1. The summed E-state index contributed by atoms with van der Waals surface area (Å²) in [5.74, 6) is 1.03. The van der Waals surface area contributed by atoms with E-state index in [1.54, 1.807) is 36.2 Å². The van der Waals surface area contributed by atoms with Gasteiger partial charge in [0.1, 0.15) is 6.61 Å². The number of hydrogen-bond acceptors (Lipinski definition) is 7. The molecule has 3 N–H and O–H groups in total. The monoisotopic (exact) mass is 342 g/mol. The molecule has 1 amide bonds. The summed E-state index contributed by atoms with van der Waals surface area (Å²) >= 11 is 0. The maximum Gasteiger partial charge on any atom is 0.222 e. The number of nitrogens with one attached hydrogen (secondary N) is 1. The standard InChI is InChI=1S/C16H18N6O3/c1-10(23)19-14-9-22-15(20-14)4-3-12(21-22)11-7-13(16(17)18-8-11)25-6-5-24-2/h3-4,7-9H,5-6H2,1-2H3,(H2,17,18)(H,19,23). The highest BCUT2D eigenvalue weighted by Gasteiger charge is 2.09. The number of amides is 1. The minimum absolute atomic E-state index is 0.191. The molecular weight excluding hydrogens is 324 g/mol. The lowest BCUT2D eigenvalue weighted by atomic mass is 10.2. The van der Waals surface area contributed by atoms with E-state index in [0.29, 0.717) is 41.9 Å². The van der Waals surface area contributed by atoms with Gasteiger partial charge >= 0.3 is 0 Å². The second-order valence-electron chi connectivity index (χ2n) is 5.28. The van der Waals surface area contributed by atoms with Crippen LogP contribution in [0, 0.1) is 0 Å². The lowest BCUT2D eigenvalue weighted by molar-refractivity contribution is -0.114. The number of anilines is 2. The second kappa shape index (κ2) is 7.14. The van der Waals surface area contributed by atoms with Gasteiger partial charge in [-0.3, -0.25) is 4.79 Å². The molecule has 3 aromatic rings. The van der Waals surface area contributed by atoms with Crippen LogP contribution in [0.15, 0.2) is 30.6 Å². The van der Waals surface area contributed by atoms with E-state index in [1.165, 1.54) is 6.92 Å². The van der Waals surface area contributed by atoms with Crippen LogP contribution in [0.4, 0.5) is 11.6 Å². The number of nitrogens with two attached hydrogens (primary N) is 1. The zero-order valence-electron chi connectivity index (χ0n) is 13.9. The van der Waals surface area contributed by atoms with Crippen molar-refractivity contribution in [1.82, 2.24) is 19.6 Å². The molecule has 0 saturated carbocycles. The normalized spacial score (nSPS) is 10.8. The van der Waals surface area contributed by atoms with Gasteiger partial charge < -0.3 is 20.5 Å². The number of fused-ring (bicyclic) bond motifs is 1. The van der Waals surface area contributed by atoms with Crippen molar-refractivity contribution in [2.24, 2.45) is 0 Å². The Morgan fingerprint density at radius 2 is 2.20 bits per heavy atom. The van der Waals surface area contributed by atoms with Gasteiger partial charge in [-0.25, -0.2) is 14.5 Å². The predicted molar refractivity (Wildman–Crippen MR) is 92.3 cm³/mol. The Labute approximate surface area is 143 Å². The molecule has 0 saturated heterocycles. The Balaban J connectivity index is 1.90. The van der Waals surface area contributed by atoms with Gasteiger partial charge in [-0.05, 0) is 18.2 Å². The third kappa shape index (κ3) is 3.83. The molecule has 0 aromatic carbocycles. The average Bonchev–Trinajstić information content (AvgIpc) is 2.97. The van der Waals surface area contributed by atoms with E-state index in [-0.39, 0.29) is 5.91 Å². The van der Waals surface area contributed by atoms with E-state index in [4.69, 9.17) is 15.2 Å². The Hall–Kier alpha value is -3.20. The number of ether oxygens (including phenoxy) is 2. The van der Waals surface area contributed by atoms with Crippen LogP contribution in [0.5, 0.6) is 5.75 Å². The van der Waals surface area contributed by atoms with Gasteiger partial charge in [0.15, 0.2) is 23.0 Å². The van der Waals surface area contributed by atoms with Crippen LogP contribution in [0.25, 0.3) is 16.9 Å². The lowest BCUT2D eigenvalue weighted by Crippen LogP contribution is -2.07. The molecule has 0 aliphatic rings. The lowest BCUT2D eigenvalue weighted by Gasteiger charge is -2.09. The molecule has 3 rings (SSSR count). The van der Waals surface area contributed by atoms with E-state index >= 15 is 0 Å². The summed E-state index contributed by atoms with van der Waals surface area (Å²) in [6, 6.07) is 5.39. The van der Waals surface area contributed by atoms with Gasteiger partial charge in [0.25, 0.3) is 0 Å². The zero-order chi connectivity index (χ0) is 17.8. The summed E-state index contributed by atoms with van der Waals surface area (Å²) in [5, 5.41) is 7.11. The minimum Gasteiger partial charge on any atom is -0.487 e. The maximum absolute atomic E-state index is 11.1. The van der Waals surface area contributed by atoms with Crippen LogP contribution >= 0.6 is 0 Å². The molecule has 3 aromatic heterocycles. The van der Waals surface area contributed by atoms with E-state index in [9.17, 15) is 4.79 Å². The van der Waals surface area contributed by atoms with Crippen molar-refractivity contribution in [3.63, 3.8) is 0 Å². The van der Waals surface area contributed by atoms with Crippen molar-refractivity contribution in [3.05, 3.63) is 30.6 Å². The SMILES string of the molecule is COCCOc1cc(-c2ccc3nc(NC(C)=O)cn3n2)cnc1N. The summed E-state index contributed by atoms with van der Waals surface area (Å²) in [6.45, 7) is 2.25. The Morgan fingerprint density at radius 3 is 2.96 bits per heavy atom. The maximum atomic E-state index is 11.1. The van der Waals surface area contributed by atoms with Crippen LogP contribution in [0.1, 0.15) is 6.92 Å². The van der Waals surface area contributed by atoms with Gasteiger partial charge in [-0.1, -0.05) is 0 Å². The van der Waals surface area contributed by atoms with E-state index < -0.39 is 0 Å².